The highest BCUT2D eigenvalue weighted by molar-refractivity contribution is 7.66. The lowest BCUT2D eigenvalue weighted by molar-refractivity contribution is -0.109. The maximum absolute atomic E-state index is 8.17. The molecule has 18 saturated carbocycles. The Morgan fingerprint density at radius 1 is 0.278 bits per heavy atom. The molecule has 0 spiro atoms. The first-order chi connectivity index (χ1) is 33.6. The zero-order valence-electron chi connectivity index (χ0n) is 49.1. The van der Waals surface area contributed by atoms with Gasteiger partial charge in [0.25, 0.3) is 0 Å². The lowest BCUT2D eigenvalue weighted by Gasteiger charge is -2.66. The minimum Gasteiger partial charge on any atom is -0.396 e. The van der Waals surface area contributed by atoms with E-state index in [0.29, 0.717) is 103 Å². The van der Waals surface area contributed by atoms with Gasteiger partial charge in [-0.1, -0.05) is 163 Å². The van der Waals surface area contributed by atoms with Crippen LogP contribution >= 0.6 is 24.6 Å². The molecule has 18 fully saturated rings. The van der Waals surface area contributed by atoms with Gasteiger partial charge in [-0.3, -0.25) is 0 Å². The molecular weight excluding hydrogens is 930 g/mol. The van der Waals surface area contributed by atoms with Crippen LogP contribution in [0.15, 0.2) is 0 Å². The summed E-state index contributed by atoms with van der Waals surface area (Å²) in [4.78, 5) is 0. The Labute approximate surface area is 448 Å². The fraction of sp³-hybridized carbons (Fsp3) is 0.952. The van der Waals surface area contributed by atoms with Crippen molar-refractivity contribution in [3.05, 3.63) is 0 Å². The van der Waals surface area contributed by atoms with Gasteiger partial charge < -0.3 is 14.0 Å². The Hall–Kier alpha value is 0.585. The van der Waals surface area contributed by atoms with E-state index >= 15 is 0 Å². The van der Waals surface area contributed by atoms with Crippen LogP contribution in [0.4, 0.5) is 0 Å². The first kappa shape index (κ1) is 52.0. The second-order valence-corrected chi connectivity index (χ2v) is 37.8. The largest absolute Gasteiger partial charge is 0.396 e. The van der Waals surface area contributed by atoms with Gasteiger partial charge in [-0.05, 0) is 237 Å². The van der Waals surface area contributed by atoms with Gasteiger partial charge in [0.1, 0.15) is 15.6 Å². The maximum Gasteiger partial charge on any atom is 0.308 e. The van der Waals surface area contributed by atoms with Crippen molar-refractivity contribution < 1.29 is 14.0 Å². The van der Waals surface area contributed by atoms with Crippen molar-refractivity contribution in [1.82, 2.24) is 0 Å². The van der Waals surface area contributed by atoms with E-state index in [9.17, 15) is 0 Å². The number of hydrogen-bond acceptors (Lipinski definition) is 3. The summed E-state index contributed by atoms with van der Waals surface area (Å²) >= 11 is 0. The molecule has 12 bridgehead atoms. The standard InChI is InChI=1S/C63H102B3O3P3/c1-31-43-19-37(58(43,7)8)25-49(31)64(50-26-38-20-44(32(50)2)59(38,9)10)67-55-70-56(68-65(51-27-39-21-45(33(51)3)60(39,11)12)52-28-40-22-46(34(52)4)61(40,13)14)72-57(71-55)69-66(53-29-41-23-47(35(53)5)62(41,15)16)54-30-42-24-48(36(54)6)63(42,17)18/h31-54H,19-30H2,1-18H3/t31-,32-,33-,34-,35-,36-,37-,38-,39-,40-,41-,42-,43+,44+,45+,46+,47+,48+,49-,50-,51-,52-,53-,54-/m1/s1. The van der Waals surface area contributed by atoms with Gasteiger partial charge in [0, 0.05) is 0 Å². The molecule has 0 N–H and O–H groups in total. The Morgan fingerprint density at radius 2 is 0.431 bits per heavy atom. The molecule has 9 heteroatoms. The Kier molecular flexibility index (Phi) is 12.3. The summed E-state index contributed by atoms with van der Waals surface area (Å²) in [5.74, 6) is 18.0. The van der Waals surface area contributed by atoms with Crippen molar-refractivity contribution in [3.8, 4) is 15.6 Å². The third-order valence-corrected chi connectivity index (χ3v) is 33.9. The van der Waals surface area contributed by atoms with Crippen LogP contribution in [0.25, 0.3) is 0 Å². The molecular formula is C63H102B3O3P3. The SMILES string of the molecule is C[C@H]1[C@H](B(Oc2pc(OB([C@@H]3C[C@H]4C[C@@H]([C@H]3C)C4(C)C)[C@@H]3C[C@H]4C[C@@H]([C@H]3C)C4(C)C)pc(OB([C@@H]3C[C@H]4C[C@@H]([C@H]3C)C4(C)C)[C@@H]3C[C@H]4C[C@@H]([C@H]3C)C4(C)C)p2)[C@@H]2C[C@H]3C[C@@H]([C@H]2C)C3(C)C)C[C@H]2C[C@@H]1C2(C)C. The van der Waals surface area contributed by atoms with Crippen molar-refractivity contribution >= 4 is 45.3 Å². The maximum atomic E-state index is 8.17. The van der Waals surface area contributed by atoms with Crippen LogP contribution < -0.4 is 14.0 Å². The van der Waals surface area contributed by atoms with Crippen LogP contribution in [0.5, 0.6) is 15.6 Å². The number of hydrogen-bond donors (Lipinski definition) is 0. The summed E-state index contributed by atoms with van der Waals surface area (Å²) in [5.41, 5.74) is 2.83. The summed E-state index contributed by atoms with van der Waals surface area (Å²) in [6.07, 6.45) is 16.8. The van der Waals surface area contributed by atoms with Crippen LogP contribution in [-0.4, -0.2) is 20.7 Å². The van der Waals surface area contributed by atoms with Crippen molar-refractivity contribution in [2.45, 2.75) is 237 Å². The highest BCUT2D eigenvalue weighted by Gasteiger charge is 2.67. The molecule has 72 heavy (non-hydrogen) atoms. The van der Waals surface area contributed by atoms with Crippen molar-refractivity contribution in [2.24, 2.45) is 139 Å². The normalized spacial score (nSPS) is 51.4. The van der Waals surface area contributed by atoms with E-state index in [4.69, 9.17) is 14.0 Å². The second-order valence-electron chi connectivity index (χ2n) is 33.6. The van der Waals surface area contributed by atoms with E-state index in [1.54, 1.807) is 0 Å². The minimum absolute atomic E-state index is 0.289. The van der Waals surface area contributed by atoms with Crippen molar-refractivity contribution in [1.29, 1.82) is 0 Å². The quantitative estimate of drug-likeness (QED) is 0.195. The van der Waals surface area contributed by atoms with E-state index in [1.807, 2.05) is 0 Å². The predicted octanol–water partition coefficient (Wildman–Crippen LogP) is 20.0. The molecule has 0 aliphatic heterocycles. The highest BCUT2D eigenvalue weighted by Crippen LogP contribution is 2.74. The fourth-order valence-electron chi connectivity index (χ4n) is 24.1. The molecule has 18 aliphatic carbocycles. The summed E-state index contributed by atoms with van der Waals surface area (Å²) in [5, 5.41) is 3.83. The number of fused-ring (bicyclic) bond motifs is 12. The van der Waals surface area contributed by atoms with Crippen molar-refractivity contribution in [2.75, 3.05) is 0 Å². The Balaban J connectivity index is 0.902. The first-order valence-electron chi connectivity index (χ1n) is 31.4. The summed E-state index contributed by atoms with van der Waals surface area (Å²) in [7, 11) is 3.73. The summed E-state index contributed by atoms with van der Waals surface area (Å²) in [6, 6.07) is 0. The van der Waals surface area contributed by atoms with Crippen molar-refractivity contribution in [3.63, 3.8) is 0 Å². The molecule has 0 aromatic carbocycles. The van der Waals surface area contributed by atoms with E-state index in [1.165, 1.54) is 117 Å². The molecule has 1 aromatic rings. The number of rotatable bonds is 12. The summed E-state index contributed by atoms with van der Waals surface area (Å²) < 4.78 is 24.5. The Morgan fingerprint density at radius 3 is 0.556 bits per heavy atom. The van der Waals surface area contributed by atoms with E-state index in [2.05, 4.69) is 125 Å². The third-order valence-electron chi connectivity index (χ3n) is 30.3. The van der Waals surface area contributed by atoms with Crippen LogP contribution in [0.2, 0.25) is 34.9 Å². The molecule has 0 amide bonds. The molecule has 0 saturated heterocycles. The molecule has 3 nitrogen and oxygen atoms in total. The smallest absolute Gasteiger partial charge is 0.308 e. The molecule has 396 valence electrons. The van der Waals surface area contributed by atoms with Gasteiger partial charge in [0.05, 0.1) is 0 Å². The lowest BCUT2D eigenvalue weighted by Crippen LogP contribution is -2.60. The zero-order valence-corrected chi connectivity index (χ0v) is 51.8. The Bertz CT molecular complexity index is 1910. The second kappa shape index (κ2) is 17.1. The zero-order chi connectivity index (χ0) is 51.0. The van der Waals surface area contributed by atoms with Gasteiger partial charge in [-0.15, -0.1) is 0 Å². The monoisotopic (exact) mass is 1030 g/mol. The molecule has 0 unspecified atom stereocenters. The van der Waals surface area contributed by atoms with Gasteiger partial charge in [0.2, 0.25) is 0 Å². The van der Waals surface area contributed by atoms with Crippen LogP contribution in [0.3, 0.4) is 0 Å². The summed E-state index contributed by atoms with van der Waals surface area (Å²) in [6.45, 7) is 48.2. The first-order valence-corrected chi connectivity index (χ1v) is 34.1. The third kappa shape index (κ3) is 7.29. The van der Waals surface area contributed by atoms with Gasteiger partial charge in [-0.2, -0.15) is 0 Å². The molecule has 0 radical (unpaired) electrons. The average Bonchev–Trinajstić information content (AvgIpc) is 3.31. The average molecular weight is 1030 g/mol. The molecule has 1 heterocycles. The topological polar surface area (TPSA) is 27.7 Å². The van der Waals surface area contributed by atoms with Crippen LogP contribution in [-0.2, 0) is 0 Å². The van der Waals surface area contributed by atoms with Gasteiger partial charge in [0.15, 0.2) is 0 Å². The van der Waals surface area contributed by atoms with E-state index < -0.39 is 0 Å². The fourth-order valence-corrected chi connectivity index (χ4v) is 28.5. The molecule has 24 atom stereocenters. The van der Waals surface area contributed by atoms with Gasteiger partial charge in [-0.25, -0.2) is 0 Å². The molecule has 18 aliphatic rings. The van der Waals surface area contributed by atoms with E-state index in [0.717, 1.165) is 71.0 Å². The van der Waals surface area contributed by atoms with Crippen LogP contribution in [0, 0.1) is 139 Å². The van der Waals surface area contributed by atoms with Gasteiger partial charge >= 0.3 is 20.7 Å². The van der Waals surface area contributed by atoms with E-state index in [-0.39, 0.29) is 20.7 Å². The predicted molar refractivity (Wildman–Crippen MR) is 311 cm³/mol. The minimum atomic E-state index is 0.289. The highest BCUT2D eigenvalue weighted by atomic mass is 31.1. The van der Waals surface area contributed by atoms with Crippen LogP contribution in [0.1, 0.15) is 202 Å². The molecule has 1 aromatic heterocycles. The lowest BCUT2D eigenvalue weighted by atomic mass is 9.27. The molecule has 19 rings (SSSR count).